The molecular formula is C13H13NO10S4. The summed E-state index contributed by atoms with van der Waals surface area (Å²) in [5, 5.41) is 0. The van der Waals surface area contributed by atoms with E-state index in [1.807, 2.05) is 4.72 Å². The molecule has 0 heterocycles. The van der Waals surface area contributed by atoms with Crippen molar-refractivity contribution >= 4 is 45.8 Å². The first-order chi connectivity index (χ1) is 12.5. The molecule has 0 spiro atoms. The first-order valence-electron chi connectivity index (χ1n) is 6.93. The lowest BCUT2D eigenvalue weighted by Gasteiger charge is -2.11. The Balaban J connectivity index is 2.61. The van der Waals surface area contributed by atoms with Gasteiger partial charge in [-0.2, -0.15) is 16.8 Å². The van der Waals surface area contributed by atoms with Gasteiger partial charge in [-0.3, -0.25) is 13.8 Å². The van der Waals surface area contributed by atoms with Gasteiger partial charge in [0.05, 0.1) is 25.3 Å². The zero-order valence-corrected chi connectivity index (χ0v) is 17.1. The second-order valence-electron chi connectivity index (χ2n) is 5.50. The summed E-state index contributed by atoms with van der Waals surface area (Å²) in [6.45, 7) is 0. The van der Waals surface area contributed by atoms with Gasteiger partial charge in [-0.1, -0.05) is 6.07 Å². The summed E-state index contributed by atoms with van der Waals surface area (Å²) in [6, 6.07) is 5.85. The van der Waals surface area contributed by atoms with Crippen molar-refractivity contribution in [2.45, 2.75) is 19.6 Å². The number of nitrogens with one attached hydrogen (secondary N) is 1. The molecule has 0 aliphatic rings. The van der Waals surface area contributed by atoms with Gasteiger partial charge in [-0.05, 0) is 36.4 Å². The van der Waals surface area contributed by atoms with E-state index in [1.54, 1.807) is 0 Å². The van der Waals surface area contributed by atoms with E-state index >= 15 is 0 Å². The highest BCUT2D eigenvalue weighted by Crippen LogP contribution is 2.25. The molecule has 28 heavy (non-hydrogen) atoms. The molecular weight excluding hydrogens is 458 g/mol. The SMILES string of the molecule is CS(=O)(=O)c1cccc(S(=O)(=O)Nc2cc(S(=O)(=O)O)cc(S(=O)(=O)O)c2)c1. The molecule has 0 bridgehead atoms. The first-order valence-corrected chi connectivity index (χ1v) is 13.2. The highest BCUT2D eigenvalue weighted by molar-refractivity contribution is 7.93. The predicted molar refractivity (Wildman–Crippen MR) is 96.4 cm³/mol. The molecule has 11 nitrogen and oxygen atoms in total. The fourth-order valence-corrected chi connectivity index (χ4v) is 5.02. The van der Waals surface area contributed by atoms with Crippen LogP contribution in [-0.4, -0.2) is 49.0 Å². The summed E-state index contributed by atoms with van der Waals surface area (Å²) in [5.41, 5.74) is -0.618. The lowest BCUT2D eigenvalue weighted by Crippen LogP contribution is -2.15. The molecule has 0 saturated carbocycles. The molecule has 0 aliphatic heterocycles. The molecule has 0 saturated heterocycles. The van der Waals surface area contributed by atoms with E-state index in [2.05, 4.69) is 0 Å². The second-order valence-corrected chi connectivity index (χ2v) is 12.0. The van der Waals surface area contributed by atoms with Crippen molar-refractivity contribution in [3.63, 3.8) is 0 Å². The Morgan fingerprint density at radius 2 is 1.11 bits per heavy atom. The summed E-state index contributed by atoms with van der Waals surface area (Å²) < 4.78 is 113. The normalized spacial score (nSPS) is 13.2. The van der Waals surface area contributed by atoms with Crippen LogP contribution < -0.4 is 4.72 Å². The van der Waals surface area contributed by atoms with E-state index < -0.39 is 60.5 Å². The van der Waals surface area contributed by atoms with Crippen molar-refractivity contribution in [1.82, 2.24) is 0 Å². The van der Waals surface area contributed by atoms with Gasteiger partial charge in [-0.25, -0.2) is 16.8 Å². The molecule has 0 aromatic heterocycles. The van der Waals surface area contributed by atoms with Crippen molar-refractivity contribution in [3.05, 3.63) is 42.5 Å². The molecule has 0 radical (unpaired) electrons. The van der Waals surface area contributed by atoms with Gasteiger partial charge in [0.1, 0.15) is 0 Å². The van der Waals surface area contributed by atoms with Gasteiger partial charge < -0.3 is 0 Å². The number of hydrogen-bond donors (Lipinski definition) is 3. The summed E-state index contributed by atoms with van der Waals surface area (Å²) in [6.07, 6.45) is 0.861. The third-order valence-electron chi connectivity index (χ3n) is 3.27. The van der Waals surface area contributed by atoms with E-state index in [4.69, 9.17) is 9.11 Å². The van der Waals surface area contributed by atoms with Gasteiger partial charge >= 0.3 is 0 Å². The van der Waals surface area contributed by atoms with Gasteiger partial charge in [0, 0.05) is 6.26 Å². The molecule has 2 aromatic rings. The van der Waals surface area contributed by atoms with Gasteiger partial charge in [0.2, 0.25) is 0 Å². The number of benzene rings is 2. The largest absolute Gasteiger partial charge is 0.294 e. The molecule has 2 aromatic carbocycles. The fraction of sp³-hybridized carbons (Fsp3) is 0.0769. The molecule has 3 N–H and O–H groups in total. The van der Waals surface area contributed by atoms with Crippen LogP contribution in [0.25, 0.3) is 0 Å². The average Bonchev–Trinajstić information content (AvgIpc) is 2.52. The third-order valence-corrected chi connectivity index (χ3v) is 7.42. The highest BCUT2D eigenvalue weighted by atomic mass is 32.2. The maximum atomic E-state index is 12.5. The lowest BCUT2D eigenvalue weighted by atomic mass is 10.3. The third kappa shape index (κ3) is 5.27. The Hall–Kier alpha value is -2.04. The van der Waals surface area contributed by atoms with Crippen molar-refractivity contribution in [2.75, 3.05) is 11.0 Å². The minimum Gasteiger partial charge on any atom is -0.282 e. The zero-order valence-electron chi connectivity index (χ0n) is 13.8. The zero-order chi connectivity index (χ0) is 21.5. The topological polar surface area (TPSA) is 189 Å². The van der Waals surface area contributed by atoms with Crippen LogP contribution in [0.1, 0.15) is 0 Å². The Labute approximate surface area is 161 Å². The predicted octanol–water partition coefficient (Wildman–Crippen LogP) is 0.384. The first kappa shape index (κ1) is 22.3. The van der Waals surface area contributed by atoms with Crippen molar-refractivity contribution in [2.24, 2.45) is 0 Å². The summed E-state index contributed by atoms with van der Waals surface area (Å²) >= 11 is 0. The van der Waals surface area contributed by atoms with Crippen molar-refractivity contribution in [3.8, 4) is 0 Å². The molecule has 0 amide bonds. The van der Waals surface area contributed by atoms with E-state index in [9.17, 15) is 33.7 Å². The van der Waals surface area contributed by atoms with Crippen molar-refractivity contribution in [1.29, 1.82) is 0 Å². The minimum absolute atomic E-state index is 0.305. The molecule has 154 valence electrons. The molecule has 0 fully saturated rings. The Morgan fingerprint density at radius 3 is 1.54 bits per heavy atom. The molecule has 0 atom stereocenters. The van der Waals surface area contributed by atoms with E-state index in [0.29, 0.717) is 18.2 Å². The lowest BCUT2D eigenvalue weighted by molar-refractivity contribution is 0.481. The number of rotatable bonds is 6. The standard InChI is InChI=1S/C13H13NO10S4/c1-25(15,16)10-3-2-4-11(7-10)26(17,18)14-9-5-12(27(19,20)21)8-13(6-9)28(22,23)24/h2-8,14H,1H3,(H,19,20,21)(H,22,23,24). The van der Waals surface area contributed by atoms with Gasteiger partial charge in [0.25, 0.3) is 30.3 Å². The van der Waals surface area contributed by atoms with Crippen LogP contribution in [0.3, 0.4) is 0 Å². The quantitative estimate of drug-likeness (QED) is 0.497. The number of sulfone groups is 1. The maximum Gasteiger partial charge on any atom is 0.294 e. The van der Waals surface area contributed by atoms with E-state index in [0.717, 1.165) is 30.5 Å². The van der Waals surface area contributed by atoms with Crippen LogP contribution in [0.4, 0.5) is 5.69 Å². The Bertz CT molecular complexity index is 1310. The summed E-state index contributed by atoms with van der Waals surface area (Å²) in [7, 11) is -18.1. The summed E-state index contributed by atoms with van der Waals surface area (Å²) in [5.74, 6) is 0. The molecule has 0 aliphatic carbocycles. The molecule has 15 heteroatoms. The molecule has 0 unspecified atom stereocenters. The van der Waals surface area contributed by atoms with Crippen LogP contribution >= 0.6 is 0 Å². The van der Waals surface area contributed by atoms with Crippen LogP contribution in [-0.2, 0) is 40.1 Å². The Morgan fingerprint density at radius 1 is 0.679 bits per heavy atom. The molecule has 2 rings (SSSR count). The minimum atomic E-state index is -4.94. The number of sulfonamides is 1. The van der Waals surface area contributed by atoms with Crippen LogP contribution in [0, 0.1) is 0 Å². The summed E-state index contributed by atoms with van der Waals surface area (Å²) in [4.78, 5) is -2.81. The monoisotopic (exact) mass is 471 g/mol. The van der Waals surface area contributed by atoms with Gasteiger partial charge in [0.15, 0.2) is 9.84 Å². The van der Waals surface area contributed by atoms with E-state index in [-0.39, 0.29) is 4.90 Å². The number of anilines is 1. The number of hydrogen-bond acceptors (Lipinski definition) is 8. The smallest absolute Gasteiger partial charge is 0.282 e. The Kier molecular flexibility index (Phi) is 5.63. The van der Waals surface area contributed by atoms with E-state index in [1.165, 1.54) is 0 Å². The van der Waals surface area contributed by atoms with Crippen LogP contribution in [0.15, 0.2) is 62.0 Å². The van der Waals surface area contributed by atoms with Gasteiger partial charge in [-0.15, -0.1) is 0 Å². The van der Waals surface area contributed by atoms with Crippen LogP contribution in [0.2, 0.25) is 0 Å². The van der Waals surface area contributed by atoms with Crippen LogP contribution in [0.5, 0.6) is 0 Å². The fourth-order valence-electron chi connectivity index (χ4n) is 2.01. The average molecular weight is 472 g/mol. The highest BCUT2D eigenvalue weighted by Gasteiger charge is 2.22. The van der Waals surface area contributed by atoms with Crippen molar-refractivity contribution < 1.29 is 42.8 Å². The second kappa shape index (κ2) is 7.09. The maximum absolute atomic E-state index is 12.5.